The van der Waals surface area contributed by atoms with Gasteiger partial charge in [-0.25, -0.2) is 0 Å². The van der Waals surface area contributed by atoms with Crippen LogP contribution in [0.1, 0.15) is 10.4 Å². The predicted octanol–water partition coefficient (Wildman–Crippen LogP) is 0.367. The van der Waals surface area contributed by atoms with Crippen LogP contribution in [-0.4, -0.2) is 51.5 Å². The van der Waals surface area contributed by atoms with Crippen LogP contribution in [0.4, 0.5) is 0 Å². The minimum atomic E-state index is -0.230. The normalized spacial score (nSPS) is 10.2. The van der Waals surface area contributed by atoms with E-state index in [9.17, 15) is 9.90 Å². The summed E-state index contributed by atoms with van der Waals surface area (Å²) >= 11 is 0. The van der Waals surface area contributed by atoms with Crippen molar-refractivity contribution in [1.82, 2.24) is 10.6 Å². The molecule has 0 saturated carbocycles. The Kier molecular flexibility index (Phi) is 6.70. The molecule has 0 aromatic heterocycles. The Bertz CT molecular complexity index is 410. The Hall–Kier alpha value is -1.79. The summed E-state index contributed by atoms with van der Waals surface area (Å²) in [7, 11) is 3.10. The van der Waals surface area contributed by atoms with Gasteiger partial charge in [0.25, 0.3) is 5.91 Å². The lowest BCUT2D eigenvalue weighted by Gasteiger charge is -2.08. The lowest BCUT2D eigenvalue weighted by atomic mass is 10.2. The van der Waals surface area contributed by atoms with Gasteiger partial charge in [-0.3, -0.25) is 4.79 Å². The molecular formula is C13H20N2O4. The molecule has 0 unspecified atom stereocenters. The zero-order valence-electron chi connectivity index (χ0n) is 11.2. The molecule has 0 saturated heterocycles. The molecule has 19 heavy (non-hydrogen) atoms. The van der Waals surface area contributed by atoms with Crippen LogP contribution >= 0.6 is 0 Å². The lowest BCUT2D eigenvalue weighted by Crippen LogP contribution is -2.33. The summed E-state index contributed by atoms with van der Waals surface area (Å²) in [4.78, 5) is 11.8. The van der Waals surface area contributed by atoms with Gasteiger partial charge in [-0.15, -0.1) is 0 Å². The number of nitrogens with one attached hydrogen (secondary N) is 2. The maximum atomic E-state index is 11.8. The molecule has 6 heteroatoms. The molecule has 0 fully saturated rings. The van der Waals surface area contributed by atoms with Crippen molar-refractivity contribution >= 4 is 5.91 Å². The third-order valence-electron chi connectivity index (χ3n) is 2.51. The first-order valence-electron chi connectivity index (χ1n) is 6.04. The first-order valence-corrected chi connectivity index (χ1v) is 6.04. The zero-order valence-corrected chi connectivity index (χ0v) is 11.2. The van der Waals surface area contributed by atoms with Gasteiger partial charge < -0.3 is 25.2 Å². The van der Waals surface area contributed by atoms with Crippen LogP contribution in [0.15, 0.2) is 18.2 Å². The Balaban J connectivity index is 2.35. The van der Waals surface area contributed by atoms with E-state index in [-0.39, 0.29) is 11.7 Å². The molecule has 1 aromatic carbocycles. The van der Waals surface area contributed by atoms with Gasteiger partial charge in [-0.1, -0.05) is 0 Å². The maximum Gasteiger partial charge on any atom is 0.251 e. The lowest BCUT2D eigenvalue weighted by molar-refractivity contribution is 0.0953. The molecule has 0 bridgehead atoms. The van der Waals surface area contributed by atoms with Crippen molar-refractivity contribution in [2.24, 2.45) is 0 Å². The number of phenols is 1. The summed E-state index contributed by atoms with van der Waals surface area (Å²) in [5, 5.41) is 15.4. The highest BCUT2D eigenvalue weighted by molar-refractivity contribution is 5.94. The Morgan fingerprint density at radius 3 is 2.68 bits per heavy atom. The van der Waals surface area contributed by atoms with Crippen LogP contribution < -0.4 is 15.4 Å². The Morgan fingerprint density at radius 1 is 1.26 bits per heavy atom. The molecule has 0 atom stereocenters. The van der Waals surface area contributed by atoms with E-state index in [2.05, 4.69) is 10.6 Å². The van der Waals surface area contributed by atoms with E-state index >= 15 is 0 Å². The number of amides is 1. The second-order valence-corrected chi connectivity index (χ2v) is 3.89. The van der Waals surface area contributed by atoms with Gasteiger partial charge in [0.2, 0.25) is 0 Å². The molecule has 0 spiro atoms. The van der Waals surface area contributed by atoms with Gasteiger partial charge in [0.05, 0.1) is 13.7 Å². The first-order chi connectivity index (χ1) is 9.19. The average molecular weight is 268 g/mol. The monoisotopic (exact) mass is 268 g/mol. The second-order valence-electron chi connectivity index (χ2n) is 3.89. The number of hydrogen-bond donors (Lipinski definition) is 3. The van der Waals surface area contributed by atoms with Crippen LogP contribution in [0.2, 0.25) is 0 Å². The van der Waals surface area contributed by atoms with Gasteiger partial charge in [0.15, 0.2) is 11.5 Å². The number of aromatic hydroxyl groups is 1. The van der Waals surface area contributed by atoms with Crippen molar-refractivity contribution in [2.75, 3.05) is 40.5 Å². The van der Waals surface area contributed by atoms with Crippen molar-refractivity contribution in [3.8, 4) is 11.5 Å². The van der Waals surface area contributed by atoms with Crippen LogP contribution in [0.25, 0.3) is 0 Å². The summed E-state index contributed by atoms with van der Waals surface area (Å²) < 4.78 is 9.80. The van der Waals surface area contributed by atoms with Gasteiger partial charge in [-0.05, 0) is 18.2 Å². The number of rotatable bonds is 8. The van der Waals surface area contributed by atoms with E-state index < -0.39 is 0 Å². The van der Waals surface area contributed by atoms with Crippen LogP contribution in [0.5, 0.6) is 11.5 Å². The van der Waals surface area contributed by atoms with Gasteiger partial charge in [0, 0.05) is 32.3 Å². The highest BCUT2D eigenvalue weighted by atomic mass is 16.5. The Labute approximate surface area is 112 Å². The molecule has 3 N–H and O–H groups in total. The highest BCUT2D eigenvalue weighted by Crippen LogP contribution is 2.25. The fourth-order valence-corrected chi connectivity index (χ4v) is 1.50. The third-order valence-corrected chi connectivity index (χ3v) is 2.51. The van der Waals surface area contributed by atoms with Gasteiger partial charge in [0.1, 0.15) is 0 Å². The van der Waals surface area contributed by atoms with E-state index in [1.807, 2.05) is 0 Å². The van der Waals surface area contributed by atoms with E-state index in [0.717, 1.165) is 6.54 Å². The van der Waals surface area contributed by atoms with Crippen LogP contribution in [0.3, 0.4) is 0 Å². The number of benzene rings is 1. The molecule has 0 heterocycles. The quantitative estimate of drug-likeness (QED) is 0.593. The van der Waals surface area contributed by atoms with Crippen LogP contribution in [0, 0.1) is 0 Å². The molecule has 0 radical (unpaired) electrons. The number of carbonyl (C=O) groups excluding carboxylic acids is 1. The second kappa shape index (κ2) is 8.34. The minimum absolute atomic E-state index is 0.0478. The molecule has 0 aliphatic carbocycles. The van der Waals surface area contributed by atoms with Crippen LogP contribution in [-0.2, 0) is 4.74 Å². The Morgan fingerprint density at radius 2 is 2.05 bits per heavy atom. The number of methoxy groups -OCH3 is 2. The minimum Gasteiger partial charge on any atom is -0.504 e. The van der Waals surface area contributed by atoms with E-state index in [4.69, 9.17) is 9.47 Å². The van der Waals surface area contributed by atoms with Crippen molar-refractivity contribution < 1.29 is 19.4 Å². The summed E-state index contributed by atoms with van der Waals surface area (Å²) in [5.74, 6) is 0.0673. The molecule has 1 aromatic rings. The molecule has 0 aliphatic heterocycles. The SMILES string of the molecule is COCCNCCNC(=O)c1ccc(OC)c(O)c1. The van der Waals surface area contributed by atoms with E-state index in [0.29, 0.717) is 31.0 Å². The highest BCUT2D eigenvalue weighted by Gasteiger charge is 2.08. The predicted molar refractivity (Wildman–Crippen MR) is 71.7 cm³/mol. The average Bonchev–Trinajstić information content (AvgIpc) is 2.42. The molecule has 6 nitrogen and oxygen atoms in total. The summed E-state index contributed by atoms with van der Waals surface area (Å²) in [5.41, 5.74) is 0.398. The van der Waals surface area contributed by atoms with Crippen molar-refractivity contribution in [1.29, 1.82) is 0 Å². The van der Waals surface area contributed by atoms with Gasteiger partial charge >= 0.3 is 0 Å². The van der Waals surface area contributed by atoms with Crippen molar-refractivity contribution in [3.63, 3.8) is 0 Å². The molecular weight excluding hydrogens is 248 g/mol. The largest absolute Gasteiger partial charge is 0.504 e. The number of hydrogen-bond acceptors (Lipinski definition) is 5. The molecule has 1 amide bonds. The van der Waals surface area contributed by atoms with E-state index in [1.165, 1.54) is 13.2 Å². The van der Waals surface area contributed by atoms with E-state index in [1.54, 1.807) is 19.2 Å². The molecule has 0 aliphatic rings. The molecule has 106 valence electrons. The number of ether oxygens (including phenoxy) is 2. The fourth-order valence-electron chi connectivity index (χ4n) is 1.50. The number of phenolic OH excluding ortho intramolecular Hbond substituents is 1. The summed E-state index contributed by atoms with van der Waals surface area (Å²) in [6, 6.07) is 4.54. The summed E-state index contributed by atoms with van der Waals surface area (Å²) in [6.45, 7) is 2.56. The van der Waals surface area contributed by atoms with Crippen molar-refractivity contribution in [2.45, 2.75) is 0 Å². The maximum absolute atomic E-state index is 11.8. The van der Waals surface area contributed by atoms with Gasteiger partial charge in [-0.2, -0.15) is 0 Å². The standard InChI is InChI=1S/C13H20N2O4/c1-18-8-7-14-5-6-15-13(17)10-3-4-12(19-2)11(16)9-10/h3-4,9,14,16H,5-8H2,1-2H3,(H,15,17). The third kappa shape index (κ3) is 5.15. The zero-order chi connectivity index (χ0) is 14.1. The molecule has 1 rings (SSSR count). The topological polar surface area (TPSA) is 79.8 Å². The smallest absolute Gasteiger partial charge is 0.251 e. The number of carbonyl (C=O) groups is 1. The van der Waals surface area contributed by atoms with Crippen molar-refractivity contribution in [3.05, 3.63) is 23.8 Å². The first kappa shape index (κ1) is 15.3. The fraction of sp³-hybridized carbons (Fsp3) is 0.462. The summed E-state index contributed by atoms with van der Waals surface area (Å²) in [6.07, 6.45) is 0.